The van der Waals surface area contributed by atoms with Crippen molar-refractivity contribution < 1.29 is 14.3 Å². The molecule has 0 radical (unpaired) electrons. The summed E-state index contributed by atoms with van der Waals surface area (Å²) >= 11 is 0. The molecule has 29 heavy (non-hydrogen) atoms. The Balaban J connectivity index is 0.00000420. The van der Waals surface area contributed by atoms with E-state index in [4.69, 9.17) is 9.73 Å². The van der Waals surface area contributed by atoms with E-state index in [0.29, 0.717) is 13.0 Å². The summed E-state index contributed by atoms with van der Waals surface area (Å²) in [5.74, 6) is 0.775. The van der Waals surface area contributed by atoms with Gasteiger partial charge in [-0.25, -0.2) is 4.99 Å². The van der Waals surface area contributed by atoms with Gasteiger partial charge in [-0.3, -0.25) is 9.59 Å². The molecule has 162 valence electrons. The molecule has 1 aromatic rings. The van der Waals surface area contributed by atoms with Crippen LogP contribution in [0, 0.1) is 5.92 Å². The molecule has 1 aromatic carbocycles. The highest BCUT2D eigenvalue weighted by Gasteiger charge is 2.26. The lowest BCUT2D eigenvalue weighted by Crippen LogP contribution is -2.46. The first-order valence-corrected chi connectivity index (χ1v) is 10.1. The fourth-order valence-electron chi connectivity index (χ4n) is 3.23. The predicted octanol–water partition coefficient (Wildman–Crippen LogP) is 3.39. The van der Waals surface area contributed by atoms with E-state index in [1.54, 1.807) is 0 Å². The zero-order valence-electron chi connectivity index (χ0n) is 17.6. The minimum Gasteiger partial charge on any atom is -0.469 e. The number of hydrogen-bond donors (Lipinski definition) is 2. The van der Waals surface area contributed by atoms with Gasteiger partial charge in [0.2, 0.25) is 5.91 Å². The SMILES string of the molecule is CCCC(=O)Nc1ccc(CN=C(NCC)N2CCC(C(=O)OC)CC2)cc1.I. The Kier molecular flexibility index (Phi) is 11.6. The predicted molar refractivity (Wildman–Crippen MR) is 127 cm³/mol. The van der Waals surface area contributed by atoms with E-state index in [1.807, 2.05) is 38.1 Å². The largest absolute Gasteiger partial charge is 0.469 e. The number of guanidine groups is 1. The lowest BCUT2D eigenvalue weighted by molar-refractivity contribution is -0.146. The number of benzene rings is 1. The Morgan fingerprint density at radius 3 is 2.38 bits per heavy atom. The van der Waals surface area contributed by atoms with E-state index in [-0.39, 0.29) is 41.8 Å². The smallest absolute Gasteiger partial charge is 0.308 e. The molecule has 0 saturated carbocycles. The highest BCUT2D eigenvalue weighted by molar-refractivity contribution is 14.0. The molecule has 0 unspecified atom stereocenters. The molecule has 0 aliphatic carbocycles. The van der Waals surface area contributed by atoms with E-state index >= 15 is 0 Å². The van der Waals surface area contributed by atoms with Crippen LogP contribution in [0.3, 0.4) is 0 Å². The zero-order valence-corrected chi connectivity index (χ0v) is 19.9. The molecule has 1 amide bonds. The molecule has 0 bridgehead atoms. The Bertz CT molecular complexity index is 671. The second kappa shape index (κ2) is 13.4. The van der Waals surface area contributed by atoms with Gasteiger partial charge in [0.1, 0.15) is 0 Å². The van der Waals surface area contributed by atoms with Gasteiger partial charge < -0.3 is 20.3 Å². The van der Waals surface area contributed by atoms with Crippen molar-refractivity contribution >= 4 is 47.5 Å². The van der Waals surface area contributed by atoms with Gasteiger partial charge in [0, 0.05) is 31.7 Å². The van der Waals surface area contributed by atoms with Gasteiger partial charge >= 0.3 is 5.97 Å². The van der Waals surface area contributed by atoms with E-state index in [2.05, 4.69) is 15.5 Å². The molecular formula is C21H33IN4O3. The number of methoxy groups -OCH3 is 1. The van der Waals surface area contributed by atoms with Crippen molar-refractivity contribution in [2.45, 2.75) is 46.1 Å². The third-order valence-electron chi connectivity index (χ3n) is 4.79. The van der Waals surface area contributed by atoms with Crippen LogP contribution in [-0.2, 0) is 20.9 Å². The van der Waals surface area contributed by atoms with Gasteiger partial charge in [-0.2, -0.15) is 0 Å². The number of nitrogens with one attached hydrogen (secondary N) is 2. The summed E-state index contributed by atoms with van der Waals surface area (Å²) in [6.07, 6.45) is 2.93. The van der Waals surface area contributed by atoms with Gasteiger partial charge in [0.25, 0.3) is 0 Å². The minimum absolute atomic E-state index is 0. The zero-order chi connectivity index (χ0) is 20.4. The first-order chi connectivity index (χ1) is 13.6. The number of anilines is 1. The number of nitrogens with zero attached hydrogens (tertiary/aromatic N) is 2. The van der Waals surface area contributed by atoms with Crippen LogP contribution in [0.2, 0.25) is 0 Å². The van der Waals surface area contributed by atoms with Crippen LogP contribution < -0.4 is 10.6 Å². The third-order valence-corrected chi connectivity index (χ3v) is 4.79. The van der Waals surface area contributed by atoms with Crippen molar-refractivity contribution in [3.63, 3.8) is 0 Å². The van der Waals surface area contributed by atoms with E-state index in [9.17, 15) is 9.59 Å². The van der Waals surface area contributed by atoms with Crippen molar-refractivity contribution in [3.05, 3.63) is 29.8 Å². The van der Waals surface area contributed by atoms with E-state index in [1.165, 1.54) is 7.11 Å². The van der Waals surface area contributed by atoms with Gasteiger partial charge in [-0.15, -0.1) is 24.0 Å². The van der Waals surface area contributed by atoms with E-state index < -0.39 is 0 Å². The van der Waals surface area contributed by atoms with Crippen molar-refractivity contribution in [1.82, 2.24) is 10.2 Å². The average Bonchev–Trinajstić information content (AvgIpc) is 2.72. The molecule has 7 nitrogen and oxygen atoms in total. The number of likely N-dealkylation sites (tertiary alicyclic amines) is 1. The quantitative estimate of drug-likeness (QED) is 0.251. The fraction of sp³-hybridized carbons (Fsp3) is 0.571. The second-order valence-electron chi connectivity index (χ2n) is 6.95. The maximum atomic E-state index is 11.7. The minimum atomic E-state index is -0.118. The lowest BCUT2D eigenvalue weighted by Gasteiger charge is -2.33. The first-order valence-electron chi connectivity index (χ1n) is 10.1. The molecule has 1 aliphatic rings. The fourth-order valence-corrected chi connectivity index (χ4v) is 3.23. The number of halogens is 1. The number of aliphatic imine (C=N–C) groups is 1. The molecule has 0 aromatic heterocycles. The molecule has 2 N–H and O–H groups in total. The Morgan fingerprint density at radius 2 is 1.83 bits per heavy atom. The van der Waals surface area contributed by atoms with Crippen molar-refractivity contribution in [3.8, 4) is 0 Å². The number of piperidine rings is 1. The molecule has 0 spiro atoms. The highest BCUT2D eigenvalue weighted by Crippen LogP contribution is 2.19. The van der Waals surface area contributed by atoms with Gasteiger partial charge in [-0.05, 0) is 43.9 Å². The van der Waals surface area contributed by atoms with Crippen LogP contribution in [0.5, 0.6) is 0 Å². The van der Waals surface area contributed by atoms with Crippen LogP contribution in [0.1, 0.15) is 45.1 Å². The van der Waals surface area contributed by atoms with Gasteiger partial charge in [0.15, 0.2) is 5.96 Å². The first kappa shape index (κ1) is 25.2. The van der Waals surface area contributed by atoms with Crippen molar-refractivity contribution in [2.75, 3.05) is 32.1 Å². The number of esters is 1. The highest BCUT2D eigenvalue weighted by atomic mass is 127. The topological polar surface area (TPSA) is 83.0 Å². The van der Waals surface area contributed by atoms with Gasteiger partial charge in [-0.1, -0.05) is 19.1 Å². The number of ether oxygens (including phenoxy) is 1. The Morgan fingerprint density at radius 1 is 1.17 bits per heavy atom. The number of hydrogen-bond acceptors (Lipinski definition) is 4. The maximum Gasteiger partial charge on any atom is 0.308 e. The molecule has 1 saturated heterocycles. The summed E-state index contributed by atoms with van der Waals surface area (Å²) in [4.78, 5) is 30.3. The summed E-state index contributed by atoms with van der Waals surface area (Å²) in [5, 5.41) is 6.23. The normalized spacial score (nSPS) is 14.7. The van der Waals surface area contributed by atoms with Gasteiger partial charge in [0.05, 0.1) is 19.6 Å². The molecular weight excluding hydrogens is 483 g/mol. The van der Waals surface area contributed by atoms with Crippen LogP contribution >= 0.6 is 24.0 Å². The van der Waals surface area contributed by atoms with E-state index in [0.717, 1.165) is 56.1 Å². The van der Waals surface area contributed by atoms with Crippen LogP contribution in [0.4, 0.5) is 5.69 Å². The molecule has 1 fully saturated rings. The average molecular weight is 516 g/mol. The molecule has 8 heteroatoms. The van der Waals surface area contributed by atoms with Crippen molar-refractivity contribution in [1.29, 1.82) is 0 Å². The Hall–Kier alpha value is -1.84. The summed E-state index contributed by atoms with van der Waals surface area (Å²) in [6.45, 7) is 6.95. The molecule has 2 rings (SSSR count). The standard InChI is InChI=1S/C21H32N4O3.HI/c1-4-6-19(26)24-18-9-7-16(8-10-18)15-23-21(22-5-2)25-13-11-17(12-14-25)20(27)28-3;/h7-10,17H,4-6,11-15H2,1-3H3,(H,22,23)(H,24,26);1H. The van der Waals surface area contributed by atoms with Crippen molar-refractivity contribution in [2.24, 2.45) is 10.9 Å². The van der Waals surface area contributed by atoms with Crippen LogP contribution in [0.15, 0.2) is 29.3 Å². The second-order valence-corrected chi connectivity index (χ2v) is 6.95. The van der Waals surface area contributed by atoms with Crippen LogP contribution in [0.25, 0.3) is 0 Å². The summed E-state index contributed by atoms with van der Waals surface area (Å²) < 4.78 is 4.86. The van der Waals surface area contributed by atoms with Crippen LogP contribution in [-0.4, -0.2) is 49.5 Å². The molecule has 0 atom stereocenters. The third kappa shape index (κ3) is 8.20. The monoisotopic (exact) mass is 516 g/mol. The summed E-state index contributed by atoms with van der Waals surface area (Å²) in [6, 6.07) is 7.79. The molecule has 1 heterocycles. The number of carbonyl (C=O) groups excluding carboxylic acids is 2. The number of rotatable bonds is 7. The number of amides is 1. The molecule has 1 aliphatic heterocycles. The Labute approximate surface area is 190 Å². The summed E-state index contributed by atoms with van der Waals surface area (Å²) in [7, 11) is 1.45. The summed E-state index contributed by atoms with van der Waals surface area (Å²) in [5.41, 5.74) is 1.89. The number of carbonyl (C=O) groups is 2. The maximum absolute atomic E-state index is 11.7. The lowest BCUT2D eigenvalue weighted by atomic mass is 9.97.